The predicted octanol–water partition coefficient (Wildman–Crippen LogP) is 4.01. The van der Waals surface area contributed by atoms with Crippen LogP contribution in [-0.4, -0.2) is 22.1 Å². The summed E-state index contributed by atoms with van der Waals surface area (Å²) in [7, 11) is 0. The lowest BCUT2D eigenvalue weighted by atomic mass is 10.2. The minimum absolute atomic E-state index is 0.0838. The van der Waals surface area contributed by atoms with Crippen LogP contribution in [0.15, 0.2) is 32.7 Å². The van der Waals surface area contributed by atoms with Gasteiger partial charge in [-0.05, 0) is 50.1 Å². The molecule has 0 saturated carbocycles. The molecule has 0 unspecified atom stereocenters. The monoisotopic (exact) mass is 419 g/mol. The van der Waals surface area contributed by atoms with Crippen LogP contribution in [0, 0.1) is 0 Å². The molecule has 0 aliphatic rings. The van der Waals surface area contributed by atoms with E-state index in [-0.39, 0.29) is 5.56 Å². The van der Waals surface area contributed by atoms with Gasteiger partial charge in [0.2, 0.25) is 0 Å². The Kier molecular flexibility index (Phi) is 4.73. The zero-order valence-electron chi connectivity index (χ0n) is 9.68. The Balaban J connectivity index is 2.11. The van der Waals surface area contributed by atoms with Crippen LogP contribution >= 0.6 is 43.2 Å². The van der Waals surface area contributed by atoms with Gasteiger partial charge in [-0.1, -0.05) is 11.3 Å². The van der Waals surface area contributed by atoms with E-state index >= 15 is 0 Å². The van der Waals surface area contributed by atoms with Crippen molar-refractivity contribution in [3.05, 3.63) is 38.2 Å². The number of rotatable bonds is 3. The summed E-state index contributed by atoms with van der Waals surface area (Å²) in [6.45, 7) is 0. The van der Waals surface area contributed by atoms with Crippen LogP contribution in [0.3, 0.4) is 0 Å². The van der Waals surface area contributed by atoms with Crippen LogP contribution in [0.4, 0.5) is 15.6 Å². The van der Waals surface area contributed by atoms with Crippen LogP contribution in [0.5, 0.6) is 0 Å². The quantitative estimate of drug-likeness (QED) is 0.699. The molecule has 0 aliphatic carbocycles. The summed E-state index contributed by atoms with van der Waals surface area (Å²) in [6, 6.07) is 3.85. The SMILES string of the molecule is O=C(Nc1ncc(Br)s1)Nc1cc(C(=O)O)ccc1Br. The number of amides is 2. The van der Waals surface area contributed by atoms with Crippen molar-refractivity contribution in [3.63, 3.8) is 0 Å². The average Bonchev–Trinajstić information content (AvgIpc) is 2.77. The first-order chi connectivity index (χ1) is 9.45. The van der Waals surface area contributed by atoms with Crippen molar-refractivity contribution in [3.8, 4) is 0 Å². The third-order valence-electron chi connectivity index (χ3n) is 2.16. The third-order valence-corrected chi connectivity index (χ3v) is 4.24. The zero-order valence-corrected chi connectivity index (χ0v) is 13.7. The molecule has 0 atom stereocenters. The number of carbonyl (C=O) groups excluding carboxylic acids is 1. The van der Waals surface area contributed by atoms with Gasteiger partial charge < -0.3 is 10.4 Å². The maximum atomic E-state index is 11.8. The molecule has 2 rings (SSSR count). The number of aromatic nitrogens is 1. The van der Waals surface area contributed by atoms with Gasteiger partial charge in [0.1, 0.15) is 0 Å². The number of urea groups is 1. The van der Waals surface area contributed by atoms with Gasteiger partial charge in [-0.3, -0.25) is 5.32 Å². The fourth-order valence-corrected chi connectivity index (χ4v) is 2.76. The minimum Gasteiger partial charge on any atom is -0.478 e. The number of thiazole rings is 1. The molecule has 1 aromatic carbocycles. The van der Waals surface area contributed by atoms with Gasteiger partial charge in [0.25, 0.3) is 0 Å². The first kappa shape index (κ1) is 14.9. The van der Waals surface area contributed by atoms with Crippen LogP contribution in [-0.2, 0) is 0 Å². The van der Waals surface area contributed by atoms with Gasteiger partial charge in [0.05, 0.1) is 21.2 Å². The number of carbonyl (C=O) groups is 2. The number of hydrogen-bond acceptors (Lipinski definition) is 4. The Bertz CT molecular complexity index is 675. The molecule has 0 bridgehead atoms. The molecule has 1 aromatic heterocycles. The highest BCUT2D eigenvalue weighted by molar-refractivity contribution is 9.11. The van der Waals surface area contributed by atoms with Gasteiger partial charge >= 0.3 is 12.0 Å². The van der Waals surface area contributed by atoms with E-state index in [0.717, 1.165) is 3.79 Å². The van der Waals surface area contributed by atoms with Gasteiger partial charge in [0, 0.05) is 4.47 Å². The molecule has 0 radical (unpaired) electrons. The number of aromatic carboxylic acids is 1. The molecule has 9 heteroatoms. The summed E-state index contributed by atoms with van der Waals surface area (Å²) < 4.78 is 1.37. The van der Waals surface area contributed by atoms with E-state index in [2.05, 4.69) is 47.5 Å². The number of anilines is 2. The zero-order chi connectivity index (χ0) is 14.7. The molecule has 104 valence electrons. The number of nitrogens with one attached hydrogen (secondary N) is 2. The molecule has 6 nitrogen and oxygen atoms in total. The lowest BCUT2D eigenvalue weighted by Gasteiger charge is -2.08. The van der Waals surface area contributed by atoms with Crippen LogP contribution in [0.1, 0.15) is 10.4 Å². The topological polar surface area (TPSA) is 91.3 Å². The van der Waals surface area contributed by atoms with Crippen molar-refractivity contribution >= 4 is 66.0 Å². The molecule has 0 saturated heterocycles. The van der Waals surface area contributed by atoms with Gasteiger partial charge in [0.15, 0.2) is 5.13 Å². The van der Waals surface area contributed by atoms with E-state index in [0.29, 0.717) is 15.3 Å². The van der Waals surface area contributed by atoms with Crippen LogP contribution in [0.25, 0.3) is 0 Å². The molecular weight excluding hydrogens is 414 g/mol. The number of nitrogens with zero attached hydrogens (tertiary/aromatic N) is 1. The first-order valence-electron chi connectivity index (χ1n) is 5.18. The molecule has 2 amide bonds. The number of halogens is 2. The summed E-state index contributed by atoms with van der Waals surface area (Å²) in [6.07, 6.45) is 1.57. The molecule has 0 spiro atoms. The highest BCUT2D eigenvalue weighted by atomic mass is 79.9. The van der Waals surface area contributed by atoms with E-state index in [4.69, 9.17) is 5.11 Å². The number of carboxylic acid groups (broad SMARTS) is 1. The largest absolute Gasteiger partial charge is 0.478 e. The maximum Gasteiger partial charge on any atom is 0.335 e. The van der Waals surface area contributed by atoms with E-state index in [1.165, 1.54) is 23.5 Å². The minimum atomic E-state index is -1.06. The molecule has 0 aliphatic heterocycles. The first-order valence-corrected chi connectivity index (χ1v) is 7.58. The second kappa shape index (κ2) is 6.33. The Morgan fingerprint density at radius 3 is 2.60 bits per heavy atom. The molecule has 20 heavy (non-hydrogen) atoms. The smallest absolute Gasteiger partial charge is 0.335 e. The fourth-order valence-electron chi connectivity index (χ4n) is 1.32. The van der Waals surface area contributed by atoms with Crippen molar-refractivity contribution < 1.29 is 14.7 Å². The number of carboxylic acids is 1. The molecule has 0 fully saturated rings. The second-order valence-corrected chi connectivity index (χ2v) is 6.81. The summed E-state index contributed by atoms with van der Waals surface area (Å²) in [4.78, 5) is 26.6. The van der Waals surface area contributed by atoms with E-state index < -0.39 is 12.0 Å². The highest BCUT2D eigenvalue weighted by Crippen LogP contribution is 2.25. The lowest BCUT2D eigenvalue weighted by molar-refractivity contribution is 0.0697. The maximum absolute atomic E-state index is 11.8. The molecule has 2 aromatic rings. The fraction of sp³-hybridized carbons (Fsp3) is 0. The molecular formula is C11H7Br2N3O3S. The third kappa shape index (κ3) is 3.78. The Hall–Kier alpha value is -1.45. The van der Waals surface area contributed by atoms with E-state index in [1.54, 1.807) is 12.3 Å². The van der Waals surface area contributed by atoms with Gasteiger partial charge in [-0.15, -0.1) is 0 Å². The summed E-state index contributed by atoms with van der Waals surface area (Å²) in [5, 5.41) is 14.4. The van der Waals surface area contributed by atoms with Crippen molar-refractivity contribution in [2.45, 2.75) is 0 Å². The average molecular weight is 421 g/mol. The Morgan fingerprint density at radius 1 is 1.25 bits per heavy atom. The Labute approximate surface area is 134 Å². The number of hydrogen-bond donors (Lipinski definition) is 3. The number of benzene rings is 1. The Morgan fingerprint density at radius 2 is 2.00 bits per heavy atom. The molecule has 1 heterocycles. The van der Waals surface area contributed by atoms with Crippen molar-refractivity contribution in [1.82, 2.24) is 4.98 Å². The summed E-state index contributed by atoms with van der Waals surface area (Å²) in [5.74, 6) is -1.06. The summed E-state index contributed by atoms with van der Waals surface area (Å²) >= 11 is 7.75. The highest BCUT2D eigenvalue weighted by Gasteiger charge is 2.11. The standard InChI is InChI=1S/C11H7Br2N3O3S/c12-6-2-1-5(9(17)18)3-7(6)15-10(19)16-11-14-4-8(13)20-11/h1-4H,(H,17,18)(H2,14,15,16,19). The normalized spacial score (nSPS) is 10.1. The van der Waals surface area contributed by atoms with Gasteiger partial charge in [-0.2, -0.15) is 0 Å². The lowest BCUT2D eigenvalue weighted by Crippen LogP contribution is -2.19. The predicted molar refractivity (Wildman–Crippen MR) is 83.6 cm³/mol. The van der Waals surface area contributed by atoms with Crippen molar-refractivity contribution in [2.75, 3.05) is 10.6 Å². The summed E-state index contributed by atoms with van der Waals surface area (Å²) in [5.41, 5.74) is 0.443. The molecule has 3 N–H and O–H groups in total. The van der Waals surface area contributed by atoms with E-state index in [1.807, 2.05) is 0 Å². The van der Waals surface area contributed by atoms with E-state index in [9.17, 15) is 9.59 Å². The van der Waals surface area contributed by atoms with Crippen molar-refractivity contribution in [1.29, 1.82) is 0 Å². The van der Waals surface area contributed by atoms with Crippen molar-refractivity contribution in [2.24, 2.45) is 0 Å². The van der Waals surface area contributed by atoms with Gasteiger partial charge in [-0.25, -0.2) is 14.6 Å². The van der Waals surface area contributed by atoms with Crippen LogP contribution in [0.2, 0.25) is 0 Å². The second-order valence-electron chi connectivity index (χ2n) is 3.55. The van der Waals surface area contributed by atoms with Crippen LogP contribution < -0.4 is 10.6 Å².